The third kappa shape index (κ3) is 8.17. The van der Waals surface area contributed by atoms with Crippen LogP contribution in [0.1, 0.15) is 43.2 Å². The van der Waals surface area contributed by atoms with E-state index in [0.29, 0.717) is 0 Å². The molecule has 1 aliphatic rings. The number of halogens is 1. The van der Waals surface area contributed by atoms with Crippen LogP contribution in [0.15, 0.2) is 84.9 Å². The van der Waals surface area contributed by atoms with Crippen LogP contribution in [-0.2, 0) is 32.8 Å². The Hall–Kier alpha value is -3.76. The van der Waals surface area contributed by atoms with Gasteiger partial charge in [0.2, 0.25) is 11.8 Å². The minimum absolute atomic E-state index is 0.0306. The second kappa shape index (κ2) is 14.4. The van der Waals surface area contributed by atoms with Gasteiger partial charge in [0, 0.05) is 33.1 Å². The molecule has 224 valence electrons. The maximum atomic E-state index is 14.2. The van der Waals surface area contributed by atoms with Crippen molar-refractivity contribution in [3.8, 4) is 0 Å². The van der Waals surface area contributed by atoms with Crippen LogP contribution >= 0.6 is 0 Å². The fourth-order valence-corrected chi connectivity index (χ4v) is 6.26. The van der Waals surface area contributed by atoms with Crippen molar-refractivity contribution in [2.75, 3.05) is 24.9 Å². The number of carbonyl (C=O) groups is 2. The van der Waals surface area contributed by atoms with Gasteiger partial charge in [0.15, 0.2) is 0 Å². The number of amides is 2. The van der Waals surface area contributed by atoms with Crippen molar-refractivity contribution in [3.63, 3.8) is 0 Å². The van der Waals surface area contributed by atoms with Crippen molar-refractivity contribution in [1.29, 1.82) is 0 Å². The third-order valence-electron chi connectivity index (χ3n) is 7.55. The molecule has 10 heteroatoms. The van der Waals surface area contributed by atoms with E-state index < -0.39 is 34.5 Å². The summed E-state index contributed by atoms with van der Waals surface area (Å²) in [7, 11) is -1.40. The molecule has 0 bridgehead atoms. The minimum atomic E-state index is -4.14. The predicted octanol–water partition coefficient (Wildman–Crippen LogP) is 4.53. The molecule has 8 nitrogen and oxygen atoms in total. The largest absolute Gasteiger partial charge is 0.352 e. The summed E-state index contributed by atoms with van der Waals surface area (Å²) in [5.41, 5.74) is 1.83. The number of nitrogens with zero attached hydrogens (tertiary/aromatic N) is 3. The first kappa shape index (κ1) is 31.2. The molecule has 0 aromatic heterocycles. The highest BCUT2D eigenvalue weighted by Gasteiger charge is 2.35. The highest BCUT2D eigenvalue weighted by molar-refractivity contribution is 7.90. The molecular formula is C32H39FN4O4S. The topological polar surface area (TPSA) is 90.0 Å². The molecule has 1 unspecified atom stereocenters. The zero-order chi connectivity index (χ0) is 30.1. The number of rotatable bonds is 12. The van der Waals surface area contributed by atoms with Crippen molar-refractivity contribution in [2.45, 2.75) is 57.2 Å². The third-order valence-corrected chi connectivity index (χ3v) is 9.37. The van der Waals surface area contributed by atoms with Crippen molar-refractivity contribution in [2.24, 2.45) is 0 Å². The van der Waals surface area contributed by atoms with E-state index in [1.165, 1.54) is 31.1 Å². The van der Waals surface area contributed by atoms with Crippen LogP contribution in [0.3, 0.4) is 0 Å². The Kier molecular flexibility index (Phi) is 10.7. The van der Waals surface area contributed by atoms with Gasteiger partial charge in [-0.2, -0.15) is 12.7 Å². The number of hydrogen-bond acceptors (Lipinski definition) is 4. The first-order valence-corrected chi connectivity index (χ1v) is 15.7. The maximum Gasteiger partial charge on any atom is 0.304 e. The summed E-state index contributed by atoms with van der Waals surface area (Å²) in [6.07, 6.45) is 5.24. The highest BCUT2D eigenvalue weighted by atomic mass is 32.2. The van der Waals surface area contributed by atoms with Gasteiger partial charge < -0.3 is 10.2 Å². The molecular weight excluding hydrogens is 555 g/mol. The van der Waals surface area contributed by atoms with Crippen LogP contribution < -0.4 is 9.62 Å². The van der Waals surface area contributed by atoms with Crippen LogP contribution in [0.2, 0.25) is 0 Å². The van der Waals surface area contributed by atoms with E-state index in [0.717, 1.165) is 64.0 Å². The molecule has 1 fully saturated rings. The zero-order valence-corrected chi connectivity index (χ0v) is 25.0. The van der Waals surface area contributed by atoms with E-state index in [-0.39, 0.29) is 30.6 Å². The van der Waals surface area contributed by atoms with E-state index in [2.05, 4.69) is 5.32 Å². The molecule has 1 aliphatic carbocycles. The molecule has 3 aromatic rings. The zero-order valence-electron chi connectivity index (χ0n) is 24.2. The van der Waals surface area contributed by atoms with Crippen LogP contribution in [0.5, 0.6) is 0 Å². The van der Waals surface area contributed by atoms with E-state index in [1.807, 2.05) is 60.7 Å². The average Bonchev–Trinajstić information content (AvgIpc) is 2.99. The smallest absolute Gasteiger partial charge is 0.304 e. The number of anilines is 1. The van der Waals surface area contributed by atoms with Gasteiger partial charge in [0.25, 0.3) is 0 Å². The number of nitrogens with one attached hydrogen (secondary N) is 1. The summed E-state index contributed by atoms with van der Waals surface area (Å²) < 4.78 is 42.5. The lowest BCUT2D eigenvalue weighted by Crippen LogP contribution is -2.55. The molecule has 3 aromatic carbocycles. The monoisotopic (exact) mass is 594 g/mol. The Labute approximate surface area is 248 Å². The van der Waals surface area contributed by atoms with E-state index in [1.54, 1.807) is 0 Å². The molecule has 0 heterocycles. The van der Waals surface area contributed by atoms with Gasteiger partial charge in [0.05, 0.1) is 5.69 Å². The maximum absolute atomic E-state index is 14.2. The van der Waals surface area contributed by atoms with Gasteiger partial charge in [-0.05, 0) is 48.2 Å². The van der Waals surface area contributed by atoms with Gasteiger partial charge in [-0.25, -0.2) is 8.70 Å². The second-order valence-electron chi connectivity index (χ2n) is 10.8. The number of hydrogen-bond donors (Lipinski definition) is 1. The van der Waals surface area contributed by atoms with Gasteiger partial charge in [-0.15, -0.1) is 0 Å². The molecule has 2 amide bonds. The van der Waals surface area contributed by atoms with Crippen LogP contribution in [0, 0.1) is 5.82 Å². The summed E-state index contributed by atoms with van der Waals surface area (Å²) in [6.45, 7) is -0.463. The first-order chi connectivity index (χ1) is 20.1. The standard InChI is InChI=1S/C32H39FN4O4S/c1-35(2)42(40,41)37(29-20-18-27(33)19-21-29)24-31(38)36(23-26-14-8-4-9-15-26)30(22-25-12-6-3-7-13-25)32(39)34-28-16-10-5-11-17-28/h3-4,6-9,12-15,18-21,28,30H,5,10-11,16-17,22-24H2,1-2H3,(H,34,39). The average molecular weight is 595 g/mol. The summed E-state index contributed by atoms with van der Waals surface area (Å²) in [6, 6.07) is 22.9. The number of carbonyl (C=O) groups excluding carboxylic acids is 2. The molecule has 0 radical (unpaired) electrons. The summed E-state index contributed by atoms with van der Waals surface area (Å²) in [4.78, 5) is 29.7. The highest BCUT2D eigenvalue weighted by Crippen LogP contribution is 2.23. The van der Waals surface area contributed by atoms with Crippen LogP contribution in [-0.4, -0.2) is 62.2 Å². The van der Waals surface area contributed by atoms with Crippen molar-refractivity contribution >= 4 is 27.7 Å². The quantitative estimate of drug-likeness (QED) is 0.334. The lowest BCUT2D eigenvalue weighted by molar-refractivity contribution is -0.140. The van der Waals surface area contributed by atoms with Crippen molar-refractivity contribution in [3.05, 3.63) is 102 Å². The van der Waals surface area contributed by atoms with Crippen LogP contribution in [0.4, 0.5) is 10.1 Å². The molecule has 4 rings (SSSR count). The van der Waals surface area contributed by atoms with E-state index >= 15 is 0 Å². The number of benzene rings is 3. The fourth-order valence-electron chi connectivity index (χ4n) is 5.20. The Morgan fingerprint density at radius 3 is 2.00 bits per heavy atom. The van der Waals surface area contributed by atoms with Gasteiger partial charge in [-0.3, -0.25) is 9.59 Å². The summed E-state index contributed by atoms with van der Waals surface area (Å²) in [5, 5.41) is 3.19. The normalized spacial score (nSPS) is 14.8. The lowest BCUT2D eigenvalue weighted by Gasteiger charge is -2.35. The molecule has 1 saturated carbocycles. The summed E-state index contributed by atoms with van der Waals surface area (Å²) in [5.74, 6) is -1.34. The SMILES string of the molecule is CN(C)S(=O)(=O)N(CC(=O)N(Cc1ccccc1)C(Cc1ccccc1)C(=O)NC1CCCCC1)c1ccc(F)cc1. The Bertz CT molecular complexity index is 1410. The lowest BCUT2D eigenvalue weighted by atomic mass is 9.94. The van der Waals surface area contributed by atoms with Gasteiger partial charge >= 0.3 is 10.2 Å². The van der Waals surface area contributed by atoms with Crippen molar-refractivity contribution < 1.29 is 22.4 Å². The first-order valence-electron chi connectivity index (χ1n) is 14.3. The molecule has 0 saturated heterocycles. The molecule has 0 spiro atoms. The van der Waals surface area contributed by atoms with E-state index in [9.17, 15) is 22.4 Å². The van der Waals surface area contributed by atoms with Gasteiger partial charge in [-0.1, -0.05) is 79.9 Å². The van der Waals surface area contributed by atoms with Crippen LogP contribution in [0.25, 0.3) is 0 Å². The minimum Gasteiger partial charge on any atom is -0.352 e. The Morgan fingerprint density at radius 1 is 0.857 bits per heavy atom. The summed E-state index contributed by atoms with van der Waals surface area (Å²) >= 11 is 0. The molecule has 0 aliphatic heterocycles. The molecule has 1 atom stereocenters. The fraction of sp³-hybridized carbons (Fsp3) is 0.375. The molecule has 42 heavy (non-hydrogen) atoms. The molecule has 1 N–H and O–H groups in total. The van der Waals surface area contributed by atoms with E-state index in [4.69, 9.17) is 0 Å². The Balaban J connectivity index is 1.73. The second-order valence-corrected chi connectivity index (χ2v) is 12.9. The predicted molar refractivity (Wildman–Crippen MR) is 162 cm³/mol. The van der Waals surface area contributed by atoms with Gasteiger partial charge in [0.1, 0.15) is 18.4 Å². The van der Waals surface area contributed by atoms with Crippen molar-refractivity contribution in [1.82, 2.24) is 14.5 Å². The Morgan fingerprint density at radius 2 is 1.43 bits per heavy atom.